The summed E-state index contributed by atoms with van der Waals surface area (Å²) >= 11 is 0. The Kier molecular flexibility index (Phi) is 4.44. The Balaban J connectivity index is 2.70. The monoisotopic (exact) mass is 222 g/mol. The summed E-state index contributed by atoms with van der Waals surface area (Å²) in [6.07, 6.45) is 3.67. The SMILES string of the molecule is COC(=O)[C@@H](Cc1cccnc1)NC(C)=O. The van der Waals surface area contributed by atoms with Gasteiger partial charge in [0.15, 0.2) is 0 Å². The van der Waals surface area contributed by atoms with E-state index in [0.717, 1.165) is 5.56 Å². The minimum Gasteiger partial charge on any atom is -0.467 e. The van der Waals surface area contributed by atoms with Crippen molar-refractivity contribution in [3.63, 3.8) is 0 Å². The number of carbonyl (C=O) groups excluding carboxylic acids is 2. The van der Waals surface area contributed by atoms with Gasteiger partial charge in [0.2, 0.25) is 5.91 Å². The van der Waals surface area contributed by atoms with Gasteiger partial charge >= 0.3 is 5.97 Å². The molecule has 0 fully saturated rings. The van der Waals surface area contributed by atoms with Gasteiger partial charge in [-0.15, -0.1) is 0 Å². The number of carbonyl (C=O) groups is 2. The zero-order valence-corrected chi connectivity index (χ0v) is 9.27. The van der Waals surface area contributed by atoms with Crippen LogP contribution in [0.25, 0.3) is 0 Å². The molecule has 1 amide bonds. The van der Waals surface area contributed by atoms with Gasteiger partial charge in [-0.1, -0.05) is 6.07 Å². The Morgan fingerprint density at radius 1 is 1.56 bits per heavy atom. The Hall–Kier alpha value is -1.91. The van der Waals surface area contributed by atoms with Gasteiger partial charge in [0.05, 0.1) is 7.11 Å². The number of ether oxygens (including phenoxy) is 1. The highest BCUT2D eigenvalue weighted by Gasteiger charge is 2.20. The van der Waals surface area contributed by atoms with Crippen molar-refractivity contribution in [1.82, 2.24) is 10.3 Å². The summed E-state index contributed by atoms with van der Waals surface area (Å²) in [5, 5.41) is 2.54. The van der Waals surface area contributed by atoms with Gasteiger partial charge in [-0.25, -0.2) is 4.79 Å². The van der Waals surface area contributed by atoms with Crippen molar-refractivity contribution in [1.29, 1.82) is 0 Å². The maximum absolute atomic E-state index is 11.4. The van der Waals surface area contributed by atoms with Crippen LogP contribution in [0.1, 0.15) is 12.5 Å². The summed E-state index contributed by atoms with van der Waals surface area (Å²) in [5.41, 5.74) is 0.867. The Labute approximate surface area is 93.8 Å². The van der Waals surface area contributed by atoms with Gasteiger partial charge in [-0.2, -0.15) is 0 Å². The molecule has 5 nitrogen and oxygen atoms in total. The quantitative estimate of drug-likeness (QED) is 0.744. The van der Waals surface area contributed by atoms with Crippen LogP contribution < -0.4 is 5.32 Å². The summed E-state index contributed by atoms with van der Waals surface area (Å²) in [6.45, 7) is 1.36. The van der Waals surface area contributed by atoms with Crippen LogP contribution in [-0.2, 0) is 20.7 Å². The summed E-state index contributed by atoms with van der Waals surface area (Å²) < 4.78 is 4.61. The molecule has 1 aromatic rings. The van der Waals surface area contributed by atoms with Crippen molar-refractivity contribution in [2.45, 2.75) is 19.4 Å². The number of methoxy groups -OCH3 is 1. The summed E-state index contributed by atoms with van der Waals surface area (Å²) in [6, 6.07) is 2.95. The highest BCUT2D eigenvalue weighted by molar-refractivity contribution is 5.83. The van der Waals surface area contributed by atoms with Crippen LogP contribution in [0.5, 0.6) is 0 Å². The maximum Gasteiger partial charge on any atom is 0.328 e. The van der Waals surface area contributed by atoms with Gasteiger partial charge in [0, 0.05) is 25.7 Å². The standard InChI is InChI=1S/C11H14N2O3/c1-8(14)13-10(11(15)16-2)6-9-4-3-5-12-7-9/h3-5,7,10H,6H2,1-2H3,(H,13,14)/t10-/m1/s1. The van der Waals surface area contributed by atoms with Crippen LogP contribution in [0.2, 0.25) is 0 Å². The van der Waals surface area contributed by atoms with Crippen LogP contribution in [-0.4, -0.2) is 30.0 Å². The summed E-state index contributed by atoms with van der Waals surface area (Å²) in [5.74, 6) is -0.724. The highest BCUT2D eigenvalue weighted by atomic mass is 16.5. The molecule has 0 saturated heterocycles. The van der Waals surface area contributed by atoms with E-state index in [-0.39, 0.29) is 5.91 Å². The molecule has 1 N–H and O–H groups in total. The average Bonchev–Trinajstić information content (AvgIpc) is 2.28. The summed E-state index contributed by atoms with van der Waals surface area (Å²) in [7, 11) is 1.29. The number of pyridine rings is 1. The number of hydrogen-bond acceptors (Lipinski definition) is 4. The van der Waals surface area contributed by atoms with Gasteiger partial charge in [-0.05, 0) is 11.6 Å². The average molecular weight is 222 g/mol. The number of nitrogens with one attached hydrogen (secondary N) is 1. The molecule has 16 heavy (non-hydrogen) atoms. The van der Waals surface area contributed by atoms with Crippen molar-refractivity contribution >= 4 is 11.9 Å². The highest BCUT2D eigenvalue weighted by Crippen LogP contribution is 2.02. The lowest BCUT2D eigenvalue weighted by molar-refractivity contribution is -0.144. The van der Waals surface area contributed by atoms with Crippen molar-refractivity contribution in [3.8, 4) is 0 Å². The van der Waals surface area contributed by atoms with Crippen molar-refractivity contribution in [3.05, 3.63) is 30.1 Å². The van der Waals surface area contributed by atoms with E-state index in [0.29, 0.717) is 6.42 Å². The minimum absolute atomic E-state index is 0.265. The fourth-order valence-electron chi connectivity index (χ4n) is 1.34. The molecule has 1 rings (SSSR count). The molecule has 0 aliphatic carbocycles. The number of amides is 1. The number of nitrogens with zero attached hydrogens (tertiary/aromatic N) is 1. The minimum atomic E-state index is -0.660. The molecule has 0 spiro atoms. The first kappa shape index (κ1) is 12.2. The van der Waals surface area contributed by atoms with Gasteiger partial charge < -0.3 is 10.1 Å². The Bertz CT molecular complexity index is 365. The van der Waals surface area contributed by atoms with E-state index in [1.54, 1.807) is 18.5 Å². The smallest absolute Gasteiger partial charge is 0.328 e. The van der Waals surface area contributed by atoms with E-state index in [4.69, 9.17) is 0 Å². The van der Waals surface area contributed by atoms with Crippen molar-refractivity contribution in [2.24, 2.45) is 0 Å². The van der Waals surface area contributed by atoms with Gasteiger partial charge in [-0.3, -0.25) is 9.78 Å². The first-order valence-electron chi connectivity index (χ1n) is 4.87. The van der Waals surface area contributed by atoms with Crippen LogP contribution in [0.4, 0.5) is 0 Å². The van der Waals surface area contributed by atoms with E-state index in [2.05, 4.69) is 15.0 Å². The number of esters is 1. The maximum atomic E-state index is 11.4. The Morgan fingerprint density at radius 2 is 2.31 bits per heavy atom. The van der Waals surface area contributed by atoms with Gasteiger partial charge in [0.1, 0.15) is 6.04 Å². The molecular weight excluding hydrogens is 208 g/mol. The van der Waals surface area contributed by atoms with E-state index in [9.17, 15) is 9.59 Å². The Morgan fingerprint density at radius 3 is 2.81 bits per heavy atom. The molecule has 0 saturated carbocycles. The lowest BCUT2D eigenvalue weighted by Crippen LogP contribution is -2.41. The number of aromatic nitrogens is 1. The van der Waals surface area contributed by atoms with Crippen molar-refractivity contribution in [2.75, 3.05) is 7.11 Å². The second kappa shape index (κ2) is 5.85. The molecule has 0 aliphatic heterocycles. The lowest BCUT2D eigenvalue weighted by Gasteiger charge is -2.14. The molecule has 0 aromatic carbocycles. The molecular formula is C11H14N2O3. The molecule has 0 unspecified atom stereocenters. The molecule has 86 valence electrons. The number of rotatable bonds is 4. The lowest BCUT2D eigenvalue weighted by atomic mass is 10.1. The third-order valence-corrected chi connectivity index (χ3v) is 2.03. The van der Waals surface area contributed by atoms with Crippen molar-refractivity contribution < 1.29 is 14.3 Å². The predicted octanol–water partition coefficient (Wildman–Crippen LogP) is 0.302. The zero-order valence-electron chi connectivity index (χ0n) is 9.27. The van der Waals surface area contributed by atoms with E-state index < -0.39 is 12.0 Å². The van der Waals surface area contributed by atoms with Crippen LogP contribution in [0.15, 0.2) is 24.5 Å². The second-order valence-corrected chi connectivity index (χ2v) is 3.34. The third-order valence-electron chi connectivity index (χ3n) is 2.03. The fraction of sp³-hybridized carbons (Fsp3) is 0.364. The predicted molar refractivity (Wildman–Crippen MR) is 57.6 cm³/mol. The molecule has 5 heteroatoms. The van der Waals surface area contributed by atoms with Crippen LogP contribution >= 0.6 is 0 Å². The van der Waals surface area contributed by atoms with E-state index >= 15 is 0 Å². The summed E-state index contributed by atoms with van der Waals surface area (Å²) in [4.78, 5) is 26.3. The first-order valence-corrected chi connectivity index (χ1v) is 4.87. The van der Waals surface area contributed by atoms with Crippen LogP contribution in [0, 0.1) is 0 Å². The third kappa shape index (κ3) is 3.68. The number of hydrogen-bond donors (Lipinski definition) is 1. The fourth-order valence-corrected chi connectivity index (χ4v) is 1.34. The zero-order chi connectivity index (χ0) is 12.0. The largest absolute Gasteiger partial charge is 0.467 e. The van der Waals surface area contributed by atoms with Gasteiger partial charge in [0.25, 0.3) is 0 Å². The molecule has 0 aliphatic rings. The topological polar surface area (TPSA) is 68.3 Å². The molecule has 0 radical (unpaired) electrons. The molecule has 1 aromatic heterocycles. The molecule has 0 bridgehead atoms. The molecule has 1 atom stereocenters. The van der Waals surface area contributed by atoms with E-state index in [1.807, 2.05) is 6.07 Å². The van der Waals surface area contributed by atoms with Crippen LogP contribution in [0.3, 0.4) is 0 Å². The second-order valence-electron chi connectivity index (χ2n) is 3.34. The van der Waals surface area contributed by atoms with E-state index in [1.165, 1.54) is 14.0 Å². The normalized spacial score (nSPS) is 11.6. The first-order chi connectivity index (χ1) is 7.63. The molecule has 1 heterocycles.